The first kappa shape index (κ1) is 18.0. The lowest BCUT2D eigenvalue weighted by Crippen LogP contribution is -2.29. The first-order valence-corrected chi connectivity index (χ1v) is 8.19. The molecule has 0 spiro atoms. The van der Waals surface area contributed by atoms with Crippen LogP contribution in [0, 0.1) is 0 Å². The minimum Gasteiger partial charge on any atom is -0.497 e. The number of anilines is 1. The fourth-order valence-electron chi connectivity index (χ4n) is 2.50. The van der Waals surface area contributed by atoms with Gasteiger partial charge < -0.3 is 10.1 Å². The number of amides is 1. The Morgan fingerprint density at radius 3 is 2.25 bits per heavy atom. The predicted molar refractivity (Wildman–Crippen MR) is 98.5 cm³/mol. The molecule has 2 rings (SSSR count). The number of benzene rings is 2. The molecule has 0 bridgehead atoms. The molecule has 0 fully saturated rings. The molecule has 128 valence electrons. The molecule has 0 radical (unpaired) electrons. The zero-order chi connectivity index (χ0) is 17.5. The molecule has 0 heterocycles. The van der Waals surface area contributed by atoms with Gasteiger partial charge in [-0.25, -0.2) is 0 Å². The summed E-state index contributed by atoms with van der Waals surface area (Å²) in [6.45, 7) is 5.46. The van der Waals surface area contributed by atoms with Crippen LogP contribution in [0.25, 0.3) is 0 Å². The summed E-state index contributed by atoms with van der Waals surface area (Å²) in [5.41, 5.74) is 3.31. The molecule has 0 aromatic heterocycles. The maximum Gasteiger partial charge on any atom is 0.238 e. The van der Waals surface area contributed by atoms with E-state index >= 15 is 0 Å². The second-order valence-corrected chi connectivity index (χ2v) is 6.35. The average molecular weight is 326 g/mol. The summed E-state index contributed by atoms with van der Waals surface area (Å²) in [5.74, 6) is 1.28. The van der Waals surface area contributed by atoms with E-state index in [-0.39, 0.29) is 5.91 Å². The van der Waals surface area contributed by atoms with Gasteiger partial charge in [-0.2, -0.15) is 0 Å². The van der Waals surface area contributed by atoms with E-state index < -0.39 is 0 Å². The van der Waals surface area contributed by atoms with Crippen LogP contribution < -0.4 is 10.1 Å². The summed E-state index contributed by atoms with van der Waals surface area (Å²) >= 11 is 0. The van der Waals surface area contributed by atoms with Crippen LogP contribution in [0.4, 0.5) is 5.69 Å². The van der Waals surface area contributed by atoms with Gasteiger partial charge in [-0.05, 0) is 48.4 Å². The lowest BCUT2D eigenvalue weighted by Gasteiger charge is -2.17. The van der Waals surface area contributed by atoms with Gasteiger partial charge in [-0.1, -0.05) is 38.1 Å². The number of ether oxygens (including phenoxy) is 1. The molecule has 1 N–H and O–H groups in total. The van der Waals surface area contributed by atoms with Crippen molar-refractivity contribution in [1.82, 2.24) is 4.90 Å². The van der Waals surface area contributed by atoms with E-state index in [4.69, 9.17) is 4.74 Å². The van der Waals surface area contributed by atoms with Crippen LogP contribution in [0.5, 0.6) is 5.75 Å². The third kappa shape index (κ3) is 5.39. The van der Waals surface area contributed by atoms with Crippen LogP contribution in [0.15, 0.2) is 48.5 Å². The summed E-state index contributed by atoms with van der Waals surface area (Å²) in [7, 11) is 3.57. The number of hydrogen-bond acceptors (Lipinski definition) is 3. The Morgan fingerprint density at radius 2 is 1.71 bits per heavy atom. The first-order chi connectivity index (χ1) is 11.5. The molecule has 4 heteroatoms. The largest absolute Gasteiger partial charge is 0.497 e. The summed E-state index contributed by atoms with van der Waals surface area (Å²) < 4.78 is 5.11. The molecular formula is C20H26N2O2. The van der Waals surface area contributed by atoms with Crippen molar-refractivity contribution in [3.63, 3.8) is 0 Å². The quantitative estimate of drug-likeness (QED) is 0.839. The van der Waals surface area contributed by atoms with Gasteiger partial charge in [0.1, 0.15) is 5.75 Å². The first-order valence-electron chi connectivity index (χ1n) is 8.19. The van der Waals surface area contributed by atoms with Gasteiger partial charge in [-0.15, -0.1) is 0 Å². The predicted octanol–water partition coefficient (Wildman–Crippen LogP) is 3.89. The number of likely N-dealkylation sites (N-methyl/N-ethyl adjacent to an activating group) is 1. The number of rotatable bonds is 7. The van der Waals surface area contributed by atoms with Crippen LogP contribution in [-0.4, -0.2) is 31.5 Å². The van der Waals surface area contributed by atoms with Crippen molar-refractivity contribution in [2.75, 3.05) is 26.0 Å². The van der Waals surface area contributed by atoms with E-state index in [9.17, 15) is 4.79 Å². The van der Waals surface area contributed by atoms with Gasteiger partial charge in [0.25, 0.3) is 0 Å². The monoisotopic (exact) mass is 326 g/mol. The topological polar surface area (TPSA) is 41.6 Å². The molecule has 0 aliphatic heterocycles. The third-order valence-electron chi connectivity index (χ3n) is 3.89. The molecule has 0 atom stereocenters. The Kier molecular flexibility index (Phi) is 6.38. The average Bonchev–Trinajstić information content (AvgIpc) is 2.55. The highest BCUT2D eigenvalue weighted by atomic mass is 16.5. The van der Waals surface area contributed by atoms with Crippen LogP contribution >= 0.6 is 0 Å². The molecule has 2 aromatic carbocycles. The number of hydrogen-bond donors (Lipinski definition) is 1. The van der Waals surface area contributed by atoms with Crippen LogP contribution in [0.1, 0.15) is 30.9 Å². The van der Waals surface area contributed by atoms with Gasteiger partial charge in [0.05, 0.1) is 13.7 Å². The van der Waals surface area contributed by atoms with E-state index in [2.05, 4.69) is 43.4 Å². The summed E-state index contributed by atoms with van der Waals surface area (Å²) in [6.07, 6.45) is 0. The Hall–Kier alpha value is -2.33. The zero-order valence-corrected chi connectivity index (χ0v) is 14.9. The Labute approximate surface area is 144 Å². The van der Waals surface area contributed by atoms with Crippen molar-refractivity contribution in [1.29, 1.82) is 0 Å². The highest BCUT2D eigenvalue weighted by Crippen LogP contribution is 2.16. The summed E-state index contributed by atoms with van der Waals surface area (Å²) in [6, 6.07) is 15.9. The van der Waals surface area contributed by atoms with E-state index in [0.717, 1.165) is 18.0 Å². The molecule has 1 amide bonds. The van der Waals surface area contributed by atoms with Crippen molar-refractivity contribution in [3.8, 4) is 5.75 Å². The van der Waals surface area contributed by atoms with Gasteiger partial charge in [-0.3, -0.25) is 9.69 Å². The summed E-state index contributed by atoms with van der Waals surface area (Å²) in [4.78, 5) is 14.1. The Bertz CT molecular complexity index is 648. The molecule has 2 aromatic rings. The van der Waals surface area contributed by atoms with Crippen molar-refractivity contribution >= 4 is 11.6 Å². The minimum atomic E-state index is -0.0264. The van der Waals surface area contributed by atoms with Crippen molar-refractivity contribution in [3.05, 3.63) is 59.7 Å². The smallest absolute Gasteiger partial charge is 0.238 e. The highest BCUT2D eigenvalue weighted by Gasteiger charge is 2.08. The third-order valence-corrected chi connectivity index (χ3v) is 3.89. The number of nitrogens with one attached hydrogen (secondary N) is 1. The lowest BCUT2D eigenvalue weighted by molar-refractivity contribution is -0.117. The van der Waals surface area contributed by atoms with Gasteiger partial charge in [0.2, 0.25) is 5.91 Å². The van der Waals surface area contributed by atoms with Crippen molar-refractivity contribution < 1.29 is 9.53 Å². The second-order valence-electron chi connectivity index (χ2n) is 6.35. The number of nitrogens with zero attached hydrogens (tertiary/aromatic N) is 1. The molecule has 0 saturated heterocycles. The molecule has 0 aliphatic rings. The van der Waals surface area contributed by atoms with E-state index in [1.54, 1.807) is 7.11 Å². The Balaban J connectivity index is 1.84. The number of methoxy groups -OCH3 is 1. The molecule has 24 heavy (non-hydrogen) atoms. The van der Waals surface area contributed by atoms with Crippen molar-refractivity contribution in [2.24, 2.45) is 0 Å². The standard InChI is InChI=1S/C20H26N2O2/c1-15(2)17-7-5-16(6-8-17)13-22(3)14-20(23)21-18-9-11-19(24-4)12-10-18/h5-12,15H,13-14H2,1-4H3,(H,21,23). The fourth-order valence-corrected chi connectivity index (χ4v) is 2.50. The SMILES string of the molecule is COc1ccc(NC(=O)CN(C)Cc2ccc(C(C)C)cc2)cc1. The maximum atomic E-state index is 12.1. The maximum absolute atomic E-state index is 12.1. The van der Waals surface area contributed by atoms with Gasteiger partial charge in [0.15, 0.2) is 0 Å². The summed E-state index contributed by atoms with van der Waals surface area (Å²) in [5, 5.41) is 2.90. The molecule has 0 unspecified atom stereocenters. The molecular weight excluding hydrogens is 300 g/mol. The van der Waals surface area contributed by atoms with Crippen LogP contribution in [0.2, 0.25) is 0 Å². The van der Waals surface area contributed by atoms with E-state index in [1.165, 1.54) is 11.1 Å². The zero-order valence-electron chi connectivity index (χ0n) is 14.9. The lowest BCUT2D eigenvalue weighted by atomic mass is 10.0. The van der Waals surface area contributed by atoms with Crippen LogP contribution in [0.3, 0.4) is 0 Å². The minimum absolute atomic E-state index is 0.0264. The van der Waals surface area contributed by atoms with Crippen LogP contribution in [-0.2, 0) is 11.3 Å². The van der Waals surface area contributed by atoms with Gasteiger partial charge >= 0.3 is 0 Å². The van der Waals surface area contributed by atoms with E-state index in [0.29, 0.717) is 12.5 Å². The molecule has 4 nitrogen and oxygen atoms in total. The fraction of sp³-hybridized carbons (Fsp3) is 0.350. The molecule has 0 aliphatic carbocycles. The Morgan fingerprint density at radius 1 is 1.08 bits per heavy atom. The van der Waals surface area contributed by atoms with Gasteiger partial charge in [0, 0.05) is 12.2 Å². The van der Waals surface area contributed by atoms with E-state index in [1.807, 2.05) is 36.2 Å². The highest BCUT2D eigenvalue weighted by molar-refractivity contribution is 5.92. The number of carbonyl (C=O) groups excluding carboxylic acids is 1. The second kappa shape index (κ2) is 8.50. The number of carbonyl (C=O) groups is 1. The molecule has 0 saturated carbocycles. The normalized spacial score (nSPS) is 10.9. The van der Waals surface area contributed by atoms with Crippen molar-refractivity contribution in [2.45, 2.75) is 26.3 Å².